The van der Waals surface area contributed by atoms with E-state index in [4.69, 9.17) is 4.42 Å². The van der Waals surface area contributed by atoms with Crippen molar-refractivity contribution in [2.24, 2.45) is 0 Å². The molecule has 138 valence electrons. The molecule has 28 heavy (non-hydrogen) atoms. The van der Waals surface area contributed by atoms with E-state index in [2.05, 4.69) is 36.8 Å². The van der Waals surface area contributed by atoms with Crippen molar-refractivity contribution in [1.29, 1.82) is 0 Å². The van der Waals surface area contributed by atoms with Gasteiger partial charge in [0, 0.05) is 16.1 Å². The van der Waals surface area contributed by atoms with Crippen LogP contribution >= 0.6 is 15.9 Å². The van der Waals surface area contributed by atoms with Crippen LogP contribution in [0.2, 0.25) is 0 Å². The third-order valence-corrected chi connectivity index (χ3v) is 4.60. The van der Waals surface area contributed by atoms with Gasteiger partial charge in [0.15, 0.2) is 5.82 Å². The van der Waals surface area contributed by atoms with Crippen LogP contribution in [0.1, 0.15) is 5.76 Å². The van der Waals surface area contributed by atoms with Crippen LogP contribution in [0.25, 0.3) is 23.2 Å². The molecule has 0 saturated carbocycles. The number of aromatic nitrogens is 4. The number of nitrogens with one attached hydrogen (secondary N) is 1. The number of hydrogen-bond donors (Lipinski definition) is 1. The number of tetrazole rings is 1. The number of carbonyl (C=O) groups excluding carboxylic acids is 1. The molecular weight excluding hydrogens is 422 g/mol. The Morgan fingerprint density at radius 3 is 2.57 bits per heavy atom. The average Bonchev–Trinajstić information content (AvgIpc) is 3.40. The SMILES string of the molecule is O=C(Nc1ccccc1Br)/C(=C/c1ccco1)n1nnnc1-c1ccccc1. The van der Waals surface area contributed by atoms with Crippen LogP contribution in [0, 0.1) is 0 Å². The lowest BCUT2D eigenvalue weighted by molar-refractivity contribution is -0.111. The van der Waals surface area contributed by atoms with E-state index in [1.807, 2.05) is 48.5 Å². The Morgan fingerprint density at radius 1 is 1.04 bits per heavy atom. The van der Waals surface area contributed by atoms with Crippen LogP contribution in [0.4, 0.5) is 5.69 Å². The minimum Gasteiger partial charge on any atom is -0.465 e. The Balaban J connectivity index is 1.77. The minimum atomic E-state index is -0.382. The number of carbonyl (C=O) groups is 1. The zero-order valence-corrected chi connectivity index (χ0v) is 16.1. The lowest BCUT2D eigenvalue weighted by atomic mass is 10.2. The van der Waals surface area contributed by atoms with Crippen molar-refractivity contribution in [3.63, 3.8) is 0 Å². The zero-order chi connectivity index (χ0) is 19.3. The Labute approximate surface area is 168 Å². The van der Waals surface area contributed by atoms with Crippen molar-refractivity contribution in [2.45, 2.75) is 0 Å². The molecule has 2 heterocycles. The number of benzene rings is 2. The lowest BCUT2D eigenvalue weighted by Crippen LogP contribution is -2.19. The molecule has 0 radical (unpaired) electrons. The highest BCUT2D eigenvalue weighted by molar-refractivity contribution is 9.10. The molecular formula is C20H14BrN5O2. The summed E-state index contributed by atoms with van der Waals surface area (Å²) in [4.78, 5) is 13.1. The van der Waals surface area contributed by atoms with Crippen LogP contribution in [-0.2, 0) is 4.79 Å². The second-order valence-electron chi connectivity index (χ2n) is 5.76. The third kappa shape index (κ3) is 3.77. The highest BCUT2D eigenvalue weighted by atomic mass is 79.9. The molecule has 2 aromatic heterocycles. The molecule has 1 N–H and O–H groups in total. The molecule has 4 aromatic rings. The molecule has 0 unspecified atom stereocenters. The summed E-state index contributed by atoms with van der Waals surface area (Å²) in [5, 5.41) is 14.8. The summed E-state index contributed by atoms with van der Waals surface area (Å²) in [6.45, 7) is 0. The first-order chi connectivity index (χ1) is 13.7. The molecule has 0 atom stereocenters. The van der Waals surface area contributed by atoms with Crippen LogP contribution in [0.15, 0.2) is 81.9 Å². The van der Waals surface area contributed by atoms with E-state index in [0.29, 0.717) is 17.3 Å². The first kappa shape index (κ1) is 17.9. The molecule has 4 rings (SSSR count). The van der Waals surface area contributed by atoms with E-state index >= 15 is 0 Å². The molecule has 0 saturated heterocycles. The van der Waals surface area contributed by atoms with Gasteiger partial charge in [-0.15, -0.1) is 5.10 Å². The number of furan rings is 1. The number of amides is 1. The summed E-state index contributed by atoms with van der Waals surface area (Å²) in [6.07, 6.45) is 3.13. The molecule has 1 amide bonds. The number of anilines is 1. The maximum Gasteiger partial charge on any atom is 0.274 e. The predicted octanol–water partition coefficient (Wildman–Crippen LogP) is 4.33. The van der Waals surface area contributed by atoms with Gasteiger partial charge in [-0.2, -0.15) is 4.68 Å². The van der Waals surface area contributed by atoms with Crippen molar-refractivity contribution in [2.75, 3.05) is 5.32 Å². The number of hydrogen-bond acceptors (Lipinski definition) is 5. The largest absolute Gasteiger partial charge is 0.465 e. The van der Waals surface area contributed by atoms with Crippen molar-refractivity contribution in [1.82, 2.24) is 20.2 Å². The summed E-state index contributed by atoms with van der Waals surface area (Å²) in [7, 11) is 0. The molecule has 0 aliphatic carbocycles. The Kier molecular flexibility index (Phi) is 5.11. The van der Waals surface area contributed by atoms with Gasteiger partial charge >= 0.3 is 0 Å². The molecule has 0 spiro atoms. The van der Waals surface area contributed by atoms with Gasteiger partial charge < -0.3 is 9.73 Å². The second kappa shape index (κ2) is 8.01. The maximum atomic E-state index is 13.1. The topological polar surface area (TPSA) is 85.8 Å². The molecule has 2 aromatic carbocycles. The van der Waals surface area contributed by atoms with Gasteiger partial charge in [-0.3, -0.25) is 4.79 Å². The standard InChI is InChI=1S/C20H14BrN5O2/c21-16-10-4-5-11-17(16)22-20(27)18(13-15-9-6-12-28-15)26-19(23-24-25-26)14-7-2-1-3-8-14/h1-13H,(H,22,27)/b18-13-. The monoisotopic (exact) mass is 435 g/mol. The van der Waals surface area contributed by atoms with E-state index in [9.17, 15) is 4.79 Å². The van der Waals surface area contributed by atoms with Crippen molar-refractivity contribution >= 4 is 39.3 Å². The first-order valence-corrected chi connectivity index (χ1v) is 9.17. The fourth-order valence-electron chi connectivity index (χ4n) is 2.60. The van der Waals surface area contributed by atoms with E-state index in [1.165, 1.54) is 10.9 Å². The number of para-hydroxylation sites is 1. The van der Waals surface area contributed by atoms with Gasteiger partial charge in [-0.05, 0) is 50.6 Å². The normalized spacial score (nSPS) is 11.4. The second-order valence-corrected chi connectivity index (χ2v) is 6.61. The average molecular weight is 436 g/mol. The Hall–Kier alpha value is -3.52. The minimum absolute atomic E-state index is 0.217. The Bertz CT molecular complexity index is 1120. The number of nitrogens with zero attached hydrogens (tertiary/aromatic N) is 4. The summed E-state index contributed by atoms with van der Waals surface area (Å²) in [6, 6.07) is 20.2. The predicted molar refractivity (Wildman–Crippen MR) is 109 cm³/mol. The number of halogens is 1. The summed E-state index contributed by atoms with van der Waals surface area (Å²) in [5.74, 6) is 0.570. The summed E-state index contributed by atoms with van der Waals surface area (Å²) >= 11 is 3.43. The summed E-state index contributed by atoms with van der Waals surface area (Å²) in [5.41, 5.74) is 1.63. The molecule has 0 aliphatic heterocycles. The van der Waals surface area contributed by atoms with Gasteiger partial charge in [0.2, 0.25) is 0 Å². The third-order valence-electron chi connectivity index (χ3n) is 3.91. The van der Waals surface area contributed by atoms with E-state index in [0.717, 1.165) is 10.0 Å². The number of rotatable bonds is 5. The summed E-state index contributed by atoms with van der Waals surface area (Å²) < 4.78 is 7.54. The highest BCUT2D eigenvalue weighted by Crippen LogP contribution is 2.25. The molecule has 0 bridgehead atoms. The van der Waals surface area contributed by atoms with E-state index in [-0.39, 0.29) is 11.6 Å². The van der Waals surface area contributed by atoms with Gasteiger partial charge in [0.05, 0.1) is 12.0 Å². The molecule has 0 aliphatic rings. The zero-order valence-electron chi connectivity index (χ0n) is 14.5. The molecule has 7 nitrogen and oxygen atoms in total. The maximum absolute atomic E-state index is 13.1. The fourth-order valence-corrected chi connectivity index (χ4v) is 2.98. The molecule has 8 heteroatoms. The van der Waals surface area contributed by atoms with Crippen LogP contribution in [-0.4, -0.2) is 26.1 Å². The van der Waals surface area contributed by atoms with Gasteiger partial charge in [-0.25, -0.2) is 0 Å². The van der Waals surface area contributed by atoms with E-state index < -0.39 is 0 Å². The van der Waals surface area contributed by atoms with Crippen LogP contribution in [0.3, 0.4) is 0 Å². The fraction of sp³-hybridized carbons (Fsp3) is 0. The van der Waals surface area contributed by atoms with Crippen LogP contribution < -0.4 is 5.32 Å². The van der Waals surface area contributed by atoms with Gasteiger partial charge in [-0.1, -0.05) is 42.5 Å². The first-order valence-electron chi connectivity index (χ1n) is 8.37. The van der Waals surface area contributed by atoms with Gasteiger partial charge in [0.1, 0.15) is 11.5 Å². The van der Waals surface area contributed by atoms with Crippen molar-refractivity contribution < 1.29 is 9.21 Å². The van der Waals surface area contributed by atoms with E-state index in [1.54, 1.807) is 24.3 Å². The highest BCUT2D eigenvalue weighted by Gasteiger charge is 2.20. The van der Waals surface area contributed by atoms with Crippen molar-refractivity contribution in [3.05, 3.63) is 83.2 Å². The van der Waals surface area contributed by atoms with Crippen LogP contribution in [0.5, 0.6) is 0 Å². The quantitative estimate of drug-likeness (QED) is 0.471. The lowest BCUT2D eigenvalue weighted by Gasteiger charge is -2.11. The Morgan fingerprint density at radius 2 is 1.82 bits per heavy atom. The van der Waals surface area contributed by atoms with Crippen molar-refractivity contribution in [3.8, 4) is 11.4 Å². The van der Waals surface area contributed by atoms with Gasteiger partial charge in [0.25, 0.3) is 5.91 Å². The molecule has 0 fully saturated rings. The smallest absolute Gasteiger partial charge is 0.274 e.